The number of ether oxygens (including phenoxy) is 1. The van der Waals surface area contributed by atoms with E-state index in [9.17, 15) is 4.79 Å². The quantitative estimate of drug-likeness (QED) is 0.760. The van der Waals surface area contributed by atoms with Crippen LogP contribution in [0.1, 0.15) is 44.2 Å². The maximum atomic E-state index is 10.4. The molecular formula is C13H21N3O3. The monoisotopic (exact) mass is 267 g/mol. The number of aromatic nitrogens is 3. The Morgan fingerprint density at radius 2 is 2.37 bits per heavy atom. The van der Waals surface area contributed by atoms with Crippen molar-refractivity contribution in [1.82, 2.24) is 15.0 Å². The lowest BCUT2D eigenvalue weighted by Crippen LogP contribution is -2.24. The molecule has 6 heteroatoms. The highest BCUT2D eigenvalue weighted by atomic mass is 16.5. The van der Waals surface area contributed by atoms with Gasteiger partial charge in [0.05, 0.1) is 18.3 Å². The van der Waals surface area contributed by atoms with Gasteiger partial charge in [0.2, 0.25) is 0 Å². The topological polar surface area (TPSA) is 77.2 Å². The summed E-state index contributed by atoms with van der Waals surface area (Å²) in [6, 6.07) is 0. The van der Waals surface area contributed by atoms with Crippen LogP contribution in [0, 0.1) is 0 Å². The van der Waals surface area contributed by atoms with E-state index in [-0.39, 0.29) is 12.5 Å². The van der Waals surface area contributed by atoms with Gasteiger partial charge in [-0.25, -0.2) is 4.68 Å². The Balaban J connectivity index is 1.70. The molecule has 1 aromatic rings. The standard InChI is InChI=1S/C13H21N3O3/c17-13(18)7-2-1-5-11-9-16(15-14-11)10-12-6-3-4-8-19-12/h9,12H,1-8,10H2,(H,17,18). The number of hydrogen-bond donors (Lipinski definition) is 1. The molecule has 0 radical (unpaired) electrons. The van der Waals surface area contributed by atoms with Crippen LogP contribution in [0.5, 0.6) is 0 Å². The molecule has 19 heavy (non-hydrogen) atoms. The maximum absolute atomic E-state index is 10.4. The summed E-state index contributed by atoms with van der Waals surface area (Å²) in [4.78, 5) is 10.4. The lowest BCUT2D eigenvalue weighted by atomic mass is 10.1. The van der Waals surface area contributed by atoms with Crippen molar-refractivity contribution in [3.8, 4) is 0 Å². The molecular weight excluding hydrogens is 246 g/mol. The van der Waals surface area contributed by atoms with Crippen molar-refractivity contribution in [3.05, 3.63) is 11.9 Å². The number of aliphatic carboxylic acids is 1. The van der Waals surface area contributed by atoms with Crippen LogP contribution in [-0.4, -0.2) is 38.8 Å². The lowest BCUT2D eigenvalue weighted by molar-refractivity contribution is -0.137. The number of unbranched alkanes of at least 4 members (excludes halogenated alkanes) is 1. The minimum atomic E-state index is -0.738. The second-order valence-electron chi connectivity index (χ2n) is 5.02. The van der Waals surface area contributed by atoms with Crippen molar-refractivity contribution in [1.29, 1.82) is 0 Å². The van der Waals surface area contributed by atoms with Gasteiger partial charge >= 0.3 is 5.97 Å². The number of rotatable bonds is 7. The molecule has 0 saturated carbocycles. The molecule has 1 atom stereocenters. The SMILES string of the molecule is O=C(O)CCCCc1cn(CC2CCCCO2)nn1. The first-order valence-corrected chi connectivity index (χ1v) is 6.96. The Hall–Kier alpha value is -1.43. The number of nitrogens with zero attached hydrogens (tertiary/aromatic N) is 3. The van der Waals surface area contributed by atoms with Gasteiger partial charge in [0.1, 0.15) is 0 Å². The van der Waals surface area contributed by atoms with Gasteiger partial charge in [-0.3, -0.25) is 4.79 Å². The van der Waals surface area contributed by atoms with E-state index in [1.807, 2.05) is 10.9 Å². The van der Waals surface area contributed by atoms with Gasteiger partial charge < -0.3 is 9.84 Å². The predicted molar refractivity (Wildman–Crippen MR) is 68.8 cm³/mol. The molecule has 0 aromatic carbocycles. The van der Waals surface area contributed by atoms with E-state index in [4.69, 9.17) is 9.84 Å². The van der Waals surface area contributed by atoms with Gasteiger partial charge in [-0.15, -0.1) is 5.10 Å². The fourth-order valence-corrected chi connectivity index (χ4v) is 2.28. The van der Waals surface area contributed by atoms with Crippen LogP contribution < -0.4 is 0 Å². The molecule has 6 nitrogen and oxygen atoms in total. The second kappa shape index (κ2) is 7.23. The minimum absolute atomic E-state index is 0.226. The van der Waals surface area contributed by atoms with Gasteiger partial charge in [0, 0.05) is 19.2 Å². The summed E-state index contributed by atoms with van der Waals surface area (Å²) in [6.45, 7) is 1.61. The van der Waals surface area contributed by atoms with Gasteiger partial charge in [-0.1, -0.05) is 5.21 Å². The third-order valence-corrected chi connectivity index (χ3v) is 3.32. The van der Waals surface area contributed by atoms with Crippen molar-refractivity contribution in [2.24, 2.45) is 0 Å². The predicted octanol–water partition coefficient (Wildman–Crippen LogP) is 1.64. The highest BCUT2D eigenvalue weighted by molar-refractivity contribution is 5.66. The van der Waals surface area contributed by atoms with Gasteiger partial charge in [-0.05, 0) is 38.5 Å². The molecule has 2 heterocycles. The molecule has 0 bridgehead atoms. The normalized spacial score (nSPS) is 19.5. The summed E-state index contributed by atoms with van der Waals surface area (Å²) < 4.78 is 7.50. The molecule has 106 valence electrons. The molecule has 1 aliphatic heterocycles. The van der Waals surface area contributed by atoms with E-state index in [1.165, 1.54) is 6.42 Å². The van der Waals surface area contributed by atoms with E-state index in [0.29, 0.717) is 6.42 Å². The summed E-state index contributed by atoms with van der Waals surface area (Å²) in [6.07, 6.45) is 8.22. The Kier molecular flexibility index (Phi) is 5.32. The average molecular weight is 267 g/mol. The van der Waals surface area contributed by atoms with E-state index >= 15 is 0 Å². The maximum Gasteiger partial charge on any atom is 0.303 e. The average Bonchev–Trinajstić information content (AvgIpc) is 2.83. The molecule has 0 spiro atoms. The first-order chi connectivity index (χ1) is 9.24. The summed E-state index contributed by atoms with van der Waals surface area (Å²) in [5.41, 5.74) is 0.932. The lowest BCUT2D eigenvalue weighted by Gasteiger charge is -2.21. The number of carbonyl (C=O) groups is 1. The van der Waals surface area contributed by atoms with E-state index in [1.54, 1.807) is 0 Å². The summed E-state index contributed by atoms with van der Waals surface area (Å²) in [5, 5.41) is 16.8. The summed E-state index contributed by atoms with van der Waals surface area (Å²) in [7, 11) is 0. The van der Waals surface area contributed by atoms with E-state index in [2.05, 4.69) is 10.3 Å². The zero-order valence-corrected chi connectivity index (χ0v) is 11.1. The fraction of sp³-hybridized carbons (Fsp3) is 0.769. The van der Waals surface area contributed by atoms with Gasteiger partial charge in [0.15, 0.2) is 0 Å². The zero-order chi connectivity index (χ0) is 13.5. The third kappa shape index (κ3) is 4.98. The molecule has 2 rings (SSSR count). The molecule has 1 saturated heterocycles. The molecule has 1 N–H and O–H groups in total. The van der Waals surface area contributed by atoms with Crippen LogP contribution in [0.25, 0.3) is 0 Å². The molecule has 1 aliphatic rings. The number of carboxylic acids is 1. The Morgan fingerprint density at radius 1 is 1.47 bits per heavy atom. The van der Waals surface area contributed by atoms with Crippen LogP contribution in [0.2, 0.25) is 0 Å². The largest absolute Gasteiger partial charge is 0.481 e. The molecule has 0 amide bonds. The van der Waals surface area contributed by atoms with Crippen LogP contribution in [0.4, 0.5) is 0 Å². The fourth-order valence-electron chi connectivity index (χ4n) is 2.28. The molecule has 1 unspecified atom stereocenters. The van der Waals surface area contributed by atoms with Crippen LogP contribution >= 0.6 is 0 Å². The highest BCUT2D eigenvalue weighted by Crippen LogP contribution is 2.14. The Morgan fingerprint density at radius 3 is 3.11 bits per heavy atom. The van der Waals surface area contributed by atoms with E-state index < -0.39 is 5.97 Å². The smallest absolute Gasteiger partial charge is 0.303 e. The summed E-state index contributed by atoms with van der Waals surface area (Å²) in [5.74, 6) is -0.738. The second-order valence-corrected chi connectivity index (χ2v) is 5.02. The zero-order valence-electron chi connectivity index (χ0n) is 11.1. The first-order valence-electron chi connectivity index (χ1n) is 6.96. The minimum Gasteiger partial charge on any atom is -0.481 e. The van der Waals surface area contributed by atoms with Crippen molar-refractivity contribution in [2.45, 2.75) is 57.6 Å². The van der Waals surface area contributed by atoms with Crippen LogP contribution in [0.15, 0.2) is 6.20 Å². The van der Waals surface area contributed by atoms with E-state index in [0.717, 1.165) is 44.5 Å². The first kappa shape index (κ1) is 14.0. The Labute approximate surface area is 112 Å². The third-order valence-electron chi connectivity index (χ3n) is 3.32. The molecule has 1 fully saturated rings. The van der Waals surface area contributed by atoms with Gasteiger partial charge in [-0.2, -0.15) is 0 Å². The number of carboxylic acid groups (broad SMARTS) is 1. The highest BCUT2D eigenvalue weighted by Gasteiger charge is 2.15. The number of hydrogen-bond acceptors (Lipinski definition) is 4. The molecule has 0 aliphatic carbocycles. The van der Waals surface area contributed by atoms with Crippen LogP contribution in [0.3, 0.4) is 0 Å². The molecule has 1 aromatic heterocycles. The van der Waals surface area contributed by atoms with Crippen molar-refractivity contribution < 1.29 is 14.6 Å². The van der Waals surface area contributed by atoms with Crippen molar-refractivity contribution in [3.63, 3.8) is 0 Å². The van der Waals surface area contributed by atoms with Crippen molar-refractivity contribution >= 4 is 5.97 Å². The number of aryl methyl sites for hydroxylation is 1. The van der Waals surface area contributed by atoms with Crippen LogP contribution in [-0.2, 0) is 22.5 Å². The summed E-state index contributed by atoms with van der Waals surface area (Å²) >= 11 is 0. The Bertz CT molecular complexity index is 400. The van der Waals surface area contributed by atoms with Crippen molar-refractivity contribution in [2.75, 3.05) is 6.61 Å². The van der Waals surface area contributed by atoms with Gasteiger partial charge in [0.25, 0.3) is 0 Å².